The second kappa shape index (κ2) is 21.8. The van der Waals surface area contributed by atoms with Crippen LogP contribution in [-0.4, -0.2) is 55.4 Å². The zero-order valence-corrected chi connectivity index (χ0v) is 31.1. The fourth-order valence-electron chi connectivity index (χ4n) is 7.44. The van der Waals surface area contributed by atoms with Crippen LogP contribution < -0.4 is 9.47 Å². The van der Waals surface area contributed by atoms with Gasteiger partial charge in [0.05, 0.1) is 33.0 Å². The van der Waals surface area contributed by atoms with E-state index in [0.29, 0.717) is 19.4 Å². The van der Waals surface area contributed by atoms with Gasteiger partial charge in [0.1, 0.15) is 17.1 Å². The molecule has 0 radical (unpaired) electrons. The molecule has 1 aliphatic heterocycles. The Morgan fingerprint density at radius 1 is 0.660 bits per heavy atom. The van der Waals surface area contributed by atoms with Crippen molar-refractivity contribution in [2.24, 2.45) is 0 Å². The number of hydrogen-bond donors (Lipinski definition) is 1. The molecule has 1 fully saturated rings. The van der Waals surface area contributed by atoms with Gasteiger partial charge in [-0.15, -0.1) is 0 Å². The summed E-state index contributed by atoms with van der Waals surface area (Å²) in [5.41, 5.74) is 1.91. The van der Waals surface area contributed by atoms with Crippen molar-refractivity contribution in [1.29, 1.82) is 0 Å². The zero-order chi connectivity index (χ0) is 35.4. The molecule has 1 N–H and O–H groups in total. The molecule has 3 aromatic carbocycles. The minimum atomic E-state index is -0.962. The largest absolute Gasteiger partial charge is 0.497 e. The molecule has 2 atom stereocenters. The van der Waals surface area contributed by atoms with E-state index in [1.54, 1.807) is 14.2 Å². The molecule has 6 nitrogen and oxygen atoms in total. The van der Waals surface area contributed by atoms with Crippen molar-refractivity contribution in [3.05, 3.63) is 95.6 Å². The Morgan fingerprint density at radius 2 is 1.10 bits per heavy atom. The maximum Gasteiger partial charge on any atom is 0.222 e. The molecule has 1 saturated heterocycles. The first-order chi connectivity index (χ1) is 24.5. The summed E-state index contributed by atoms with van der Waals surface area (Å²) in [6, 6.07) is 26.0. The number of likely N-dealkylation sites (tertiary alicyclic amines) is 1. The molecule has 274 valence electrons. The maximum absolute atomic E-state index is 13.5. The number of rotatable bonds is 24. The average Bonchev–Trinajstić information content (AvgIpc) is 3.54. The molecule has 3 aromatic rings. The Hall–Kier alpha value is -3.35. The number of nitrogens with zero attached hydrogens (tertiary/aromatic N) is 1. The molecule has 1 aliphatic rings. The van der Waals surface area contributed by atoms with Crippen molar-refractivity contribution in [3.8, 4) is 11.5 Å². The van der Waals surface area contributed by atoms with E-state index in [1.807, 2.05) is 71.6 Å². The summed E-state index contributed by atoms with van der Waals surface area (Å²) in [6.45, 7) is 2.92. The second-order valence-corrected chi connectivity index (χ2v) is 14.1. The third-order valence-corrected chi connectivity index (χ3v) is 10.4. The Morgan fingerprint density at radius 3 is 1.56 bits per heavy atom. The van der Waals surface area contributed by atoms with Crippen molar-refractivity contribution in [2.45, 2.75) is 134 Å². The summed E-state index contributed by atoms with van der Waals surface area (Å²) >= 11 is 0. The van der Waals surface area contributed by atoms with Crippen molar-refractivity contribution in [2.75, 3.05) is 27.4 Å². The highest BCUT2D eigenvalue weighted by Crippen LogP contribution is 2.42. The van der Waals surface area contributed by atoms with Gasteiger partial charge < -0.3 is 24.2 Å². The summed E-state index contributed by atoms with van der Waals surface area (Å²) < 4.78 is 18.1. The number of benzene rings is 3. The van der Waals surface area contributed by atoms with Crippen LogP contribution in [0.15, 0.2) is 78.9 Å². The topological polar surface area (TPSA) is 68.2 Å². The van der Waals surface area contributed by atoms with Crippen LogP contribution in [0.3, 0.4) is 0 Å². The highest BCUT2D eigenvalue weighted by Gasteiger charge is 2.41. The molecule has 50 heavy (non-hydrogen) atoms. The second-order valence-electron chi connectivity index (χ2n) is 14.1. The van der Waals surface area contributed by atoms with Crippen LogP contribution in [0.5, 0.6) is 11.5 Å². The average molecular weight is 686 g/mol. The highest BCUT2D eigenvalue weighted by atomic mass is 16.5. The van der Waals surface area contributed by atoms with Crippen molar-refractivity contribution < 1.29 is 24.1 Å². The van der Waals surface area contributed by atoms with Gasteiger partial charge in [0, 0.05) is 13.0 Å². The monoisotopic (exact) mass is 685 g/mol. The summed E-state index contributed by atoms with van der Waals surface area (Å²) in [4.78, 5) is 15.4. The minimum absolute atomic E-state index is 0.115. The standard InChI is InChI=1S/C44H63NO5/c1-4-5-6-7-8-9-10-11-12-13-14-15-16-17-21-24-43(47)45-34-40(46)33-39(45)35-50-44(36-22-19-18-20-23-36,37-25-29-41(48-2)30-26-37)38-27-31-42(49-3)32-28-38/h18-20,22-23,25-32,39-40,46H,4-17,21,24,33-35H2,1-3H3/t39-,40+/m0/s1. The van der Waals surface area contributed by atoms with E-state index in [-0.39, 0.29) is 18.6 Å². The Balaban J connectivity index is 1.32. The number of carbonyl (C=O) groups is 1. The molecular weight excluding hydrogens is 622 g/mol. The highest BCUT2D eigenvalue weighted by molar-refractivity contribution is 5.77. The third-order valence-electron chi connectivity index (χ3n) is 10.4. The lowest BCUT2D eigenvalue weighted by Crippen LogP contribution is -2.42. The number of hydrogen-bond acceptors (Lipinski definition) is 5. The fourth-order valence-corrected chi connectivity index (χ4v) is 7.44. The van der Waals surface area contributed by atoms with E-state index >= 15 is 0 Å². The first-order valence-corrected chi connectivity index (χ1v) is 19.5. The fraction of sp³-hybridized carbons (Fsp3) is 0.568. The number of carbonyl (C=O) groups excluding carboxylic acids is 1. The van der Waals surface area contributed by atoms with Gasteiger partial charge in [-0.25, -0.2) is 0 Å². The van der Waals surface area contributed by atoms with Gasteiger partial charge in [-0.1, -0.05) is 151 Å². The molecule has 4 rings (SSSR count). The predicted molar refractivity (Wildman–Crippen MR) is 204 cm³/mol. The van der Waals surface area contributed by atoms with Gasteiger partial charge in [-0.05, 0) is 53.8 Å². The van der Waals surface area contributed by atoms with Crippen molar-refractivity contribution in [1.82, 2.24) is 4.90 Å². The lowest BCUT2D eigenvalue weighted by molar-refractivity contribution is -0.134. The summed E-state index contributed by atoms with van der Waals surface area (Å²) in [7, 11) is 3.32. The van der Waals surface area contributed by atoms with Crippen LogP contribution in [-0.2, 0) is 15.1 Å². The number of ether oxygens (including phenoxy) is 3. The quantitative estimate of drug-likeness (QED) is 0.0751. The number of aliphatic hydroxyl groups excluding tert-OH is 1. The van der Waals surface area contributed by atoms with Gasteiger partial charge in [0.15, 0.2) is 0 Å². The molecule has 0 unspecified atom stereocenters. The lowest BCUT2D eigenvalue weighted by atomic mass is 9.80. The smallest absolute Gasteiger partial charge is 0.222 e. The van der Waals surface area contributed by atoms with Crippen LogP contribution >= 0.6 is 0 Å². The van der Waals surface area contributed by atoms with Crippen LogP contribution in [0.4, 0.5) is 0 Å². The van der Waals surface area contributed by atoms with E-state index in [9.17, 15) is 9.90 Å². The Bertz CT molecular complexity index is 1300. The minimum Gasteiger partial charge on any atom is -0.497 e. The van der Waals surface area contributed by atoms with Crippen molar-refractivity contribution >= 4 is 5.91 Å². The molecule has 0 bridgehead atoms. The van der Waals surface area contributed by atoms with Crippen LogP contribution in [0.25, 0.3) is 0 Å². The normalized spacial score (nSPS) is 16.1. The molecule has 0 saturated carbocycles. The number of unbranched alkanes of at least 4 members (excludes halogenated alkanes) is 14. The predicted octanol–water partition coefficient (Wildman–Crippen LogP) is 10.2. The van der Waals surface area contributed by atoms with Crippen LogP contribution in [0, 0.1) is 0 Å². The molecule has 6 heteroatoms. The van der Waals surface area contributed by atoms with Gasteiger partial charge in [-0.2, -0.15) is 0 Å². The summed E-state index contributed by atoms with van der Waals surface area (Å²) in [5, 5.41) is 10.7. The molecule has 1 heterocycles. The molecule has 0 aliphatic carbocycles. The van der Waals surface area contributed by atoms with Gasteiger partial charge in [-0.3, -0.25) is 4.79 Å². The Kier molecular flexibility index (Phi) is 17.2. The van der Waals surface area contributed by atoms with Crippen LogP contribution in [0.2, 0.25) is 0 Å². The van der Waals surface area contributed by atoms with Gasteiger partial charge >= 0.3 is 0 Å². The number of amides is 1. The first-order valence-electron chi connectivity index (χ1n) is 19.5. The number of aliphatic hydroxyl groups is 1. The molecule has 0 spiro atoms. The van der Waals surface area contributed by atoms with Crippen LogP contribution in [0.1, 0.15) is 133 Å². The van der Waals surface area contributed by atoms with E-state index in [4.69, 9.17) is 14.2 Å². The first kappa shape index (κ1) is 39.4. The molecule has 1 amide bonds. The van der Waals surface area contributed by atoms with E-state index in [2.05, 4.69) is 19.1 Å². The lowest BCUT2D eigenvalue weighted by Gasteiger charge is -2.38. The van der Waals surface area contributed by atoms with E-state index in [1.165, 1.54) is 83.5 Å². The molecule has 0 aromatic heterocycles. The number of β-amino-alcohol motifs (C(OH)–C–C–N with tert-alkyl or cyclic N) is 1. The SMILES string of the molecule is CCCCCCCCCCCCCCCCCC(=O)N1C[C@H](O)C[C@H]1COC(c1ccccc1)(c1ccc(OC)cc1)c1ccc(OC)cc1. The van der Waals surface area contributed by atoms with E-state index < -0.39 is 11.7 Å². The van der Waals surface area contributed by atoms with Crippen molar-refractivity contribution in [3.63, 3.8) is 0 Å². The van der Waals surface area contributed by atoms with Gasteiger partial charge in [0.2, 0.25) is 5.91 Å². The zero-order valence-electron chi connectivity index (χ0n) is 31.1. The summed E-state index contributed by atoms with van der Waals surface area (Å²) in [5.74, 6) is 1.64. The van der Waals surface area contributed by atoms with E-state index in [0.717, 1.165) is 41.0 Å². The molecular formula is C44H63NO5. The maximum atomic E-state index is 13.5. The Labute approximate surface area is 302 Å². The summed E-state index contributed by atoms with van der Waals surface area (Å²) in [6.07, 6.45) is 20.0. The van der Waals surface area contributed by atoms with Gasteiger partial charge in [0.25, 0.3) is 0 Å². The third kappa shape index (κ3) is 11.6. The number of methoxy groups -OCH3 is 2.